The van der Waals surface area contributed by atoms with Crippen molar-refractivity contribution in [1.82, 2.24) is 4.90 Å². The van der Waals surface area contributed by atoms with Gasteiger partial charge in [-0.2, -0.15) is 0 Å². The maximum absolute atomic E-state index is 12.7. The fourth-order valence-electron chi connectivity index (χ4n) is 4.38. The Labute approximate surface area is 170 Å². The van der Waals surface area contributed by atoms with Crippen LogP contribution >= 0.6 is 0 Å². The van der Waals surface area contributed by atoms with E-state index in [9.17, 15) is 9.59 Å². The van der Waals surface area contributed by atoms with E-state index in [1.807, 2.05) is 43.4 Å². The summed E-state index contributed by atoms with van der Waals surface area (Å²) < 4.78 is 11.1. The minimum Gasteiger partial charge on any atom is -0.464 e. The molecule has 0 saturated heterocycles. The number of hydrogen-bond donors (Lipinski definition) is 0. The summed E-state index contributed by atoms with van der Waals surface area (Å²) in [5.74, 6) is -0.550. The van der Waals surface area contributed by atoms with Crippen LogP contribution in [-0.4, -0.2) is 36.0 Å². The van der Waals surface area contributed by atoms with Crippen molar-refractivity contribution in [2.75, 3.05) is 7.05 Å². The van der Waals surface area contributed by atoms with Crippen LogP contribution in [0.1, 0.15) is 44.6 Å². The van der Waals surface area contributed by atoms with Crippen LogP contribution in [0.2, 0.25) is 0 Å². The first-order valence-electron chi connectivity index (χ1n) is 10.4. The molecule has 5 nitrogen and oxygen atoms in total. The van der Waals surface area contributed by atoms with Gasteiger partial charge in [-0.25, -0.2) is 0 Å². The van der Waals surface area contributed by atoms with Crippen molar-refractivity contribution >= 4 is 33.6 Å². The Balaban J connectivity index is 1.45. The number of carbonyl (C=O) groups excluding carboxylic acids is 2. The van der Waals surface area contributed by atoms with Crippen LogP contribution in [0.5, 0.6) is 0 Å². The number of esters is 1. The number of likely N-dealkylation sites (N-methyl/N-ethyl adjacent to an activating group) is 1. The molecule has 1 atom stereocenters. The highest BCUT2D eigenvalue weighted by molar-refractivity contribution is 6.08. The fourth-order valence-corrected chi connectivity index (χ4v) is 4.38. The number of ether oxygens (including phenoxy) is 1. The van der Waals surface area contributed by atoms with Crippen molar-refractivity contribution in [2.24, 2.45) is 0 Å². The lowest BCUT2D eigenvalue weighted by Crippen LogP contribution is -2.44. The smallest absolute Gasteiger partial charge is 0.311 e. The van der Waals surface area contributed by atoms with Crippen LogP contribution in [0.15, 0.2) is 47.1 Å². The minimum absolute atomic E-state index is 0.0752. The largest absolute Gasteiger partial charge is 0.464 e. The molecule has 1 saturated carbocycles. The van der Waals surface area contributed by atoms with Crippen LogP contribution in [0, 0.1) is 0 Å². The lowest BCUT2D eigenvalue weighted by Gasteiger charge is -2.32. The second kappa shape index (κ2) is 8.27. The van der Waals surface area contributed by atoms with Gasteiger partial charge < -0.3 is 14.1 Å². The first-order valence-corrected chi connectivity index (χ1v) is 10.4. The van der Waals surface area contributed by atoms with Crippen molar-refractivity contribution in [3.8, 4) is 0 Å². The number of benzene rings is 2. The Morgan fingerprint density at radius 1 is 1.14 bits per heavy atom. The van der Waals surface area contributed by atoms with Crippen LogP contribution in [0.3, 0.4) is 0 Å². The normalized spacial score (nSPS) is 16.1. The summed E-state index contributed by atoms with van der Waals surface area (Å²) in [6.07, 6.45) is 6.48. The molecule has 1 heterocycles. The second-order valence-corrected chi connectivity index (χ2v) is 7.97. The van der Waals surface area contributed by atoms with Gasteiger partial charge in [0.2, 0.25) is 0 Å². The highest BCUT2D eigenvalue weighted by atomic mass is 16.5. The molecule has 0 aliphatic heterocycles. The first kappa shape index (κ1) is 19.5. The number of furan rings is 1. The zero-order chi connectivity index (χ0) is 20.4. The van der Waals surface area contributed by atoms with Gasteiger partial charge >= 0.3 is 5.97 Å². The number of carbonyl (C=O) groups is 2. The molecule has 1 aliphatic rings. The molecular formula is C24H27NO4. The van der Waals surface area contributed by atoms with Crippen molar-refractivity contribution in [2.45, 2.75) is 57.6 Å². The van der Waals surface area contributed by atoms with Gasteiger partial charge in [0.15, 0.2) is 6.10 Å². The second-order valence-electron chi connectivity index (χ2n) is 7.97. The Hall–Kier alpha value is -2.82. The molecule has 1 aliphatic carbocycles. The third-order valence-electron chi connectivity index (χ3n) is 6.00. The molecule has 3 aromatic rings. The standard InChI is InChI=1S/C24H27NO4/c1-16(24(27)25(2)19-9-4-3-5-10-19)29-22(26)14-18-15-28-21-13-12-17-8-6-7-11-20(17)23(18)21/h6-8,11-13,15-16,19H,3-5,9-10,14H2,1-2H3/t16-/m0/s1. The summed E-state index contributed by atoms with van der Waals surface area (Å²) in [5.41, 5.74) is 1.52. The molecule has 152 valence electrons. The average Bonchev–Trinajstić information content (AvgIpc) is 3.16. The van der Waals surface area contributed by atoms with Crippen LogP contribution < -0.4 is 0 Å². The summed E-state index contributed by atoms with van der Waals surface area (Å²) in [4.78, 5) is 27.0. The van der Waals surface area contributed by atoms with Gasteiger partial charge in [0.05, 0.1) is 12.7 Å². The van der Waals surface area contributed by atoms with Crippen molar-refractivity contribution < 1.29 is 18.7 Å². The van der Waals surface area contributed by atoms with Gasteiger partial charge in [-0.1, -0.05) is 49.6 Å². The molecule has 1 fully saturated rings. The molecule has 0 unspecified atom stereocenters. The van der Waals surface area contributed by atoms with Gasteiger partial charge in [-0.05, 0) is 36.6 Å². The predicted molar refractivity (Wildman–Crippen MR) is 113 cm³/mol. The van der Waals surface area contributed by atoms with E-state index < -0.39 is 12.1 Å². The van der Waals surface area contributed by atoms with Gasteiger partial charge in [-0.3, -0.25) is 9.59 Å². The molecule has 0 bridgehead atoms. The summed E-state index contributed by atoms with van der Waals surface area (Å²) in [6, 6.07) is 12.2. The number of nitrogens with zero attached hydrogens (tertiary/aromatic N) is 1. The lowest BCUT2D eigenvalue weighted by molar-refractivity contribution is -0.159. The van der Waals surface area contributed by atoms with E-state index in [1.54, 1.807) is 18.1 Å². The summed E-state index contributed by atoms with van der Waals surface area (Å²) in [5, 5.41) is 3.06. The number of fused-ring (bicyclic) bond motifs is 3. The fraction of sp³-hybridized carbons (Fsp3) is 0.417. The zero-order valence-corrected chi connectivity index (χ0v) is 17.0. The highest BCUT2D eigenvalue weighted by Crippen LogP contribution is 2.30. The molecular weight excluding hydrogens is 366 g/mol. The topological polar surface area (TPSA) is 59.8 Å². The Kier molecular flexibility index (Phi) is 5.56. The van der Waals surface area contributed by atoms with E-state index in [4.69, 9.17) is 9.15 Å². The maximum atomic E-state index is 12.7. The third-order valence-corrected chi connectivity index (χ3v) is 6.00. The van der Waals surface area contributed by atoms with E-state index in [2.05, 4.69) is 0 Å². The number of amides is 1. The first-order chi connectivity index (χ1) is 14.0. The lowest BCUT2D eigenvalue weighted by atomic mass is 9.94. The van der Waals surface area contributed by atoms with Crippen LogP contribution in [-0.2, 0) is 20.7 Å². The highest BCUT2D eigenvalue weighted by Gasteiger charge is 2.28. The summed E-state index contributed by atoms with van der Waals surface area (Å²) in [6.45, 7) is 1.66. The molecule has 29 heavy (non-hydrogen) atoms. The van der Waals surface area contributed by atoms with Crippen molar-refractivity contribution in [3.63, 3.8) is 0 Å². The minimum atomic E-state index is -0.788. The Morgan fingerprint density at radius 2 is 1.90 bits per heavy atom. The zero-order valence-electron chi connectivity index (χ0n) is 17.0. The van der Waals surface area contributed by atoms with E-state index in [1.165, 1.54) is 6.42 Å². The number of rotatable bonds is 5. The predicted octanol–water partition coefficient (Wildman–Crippen LogP) is 4.85. The molecule has 4 rings (SSSR count). The summed E-state index contributed by atoms with van der Waals surface area (Å²) in [7, 11) is 1.82. The van der Waals surface area contributed by atoms with Crippen molar-refractivity contribution in [3.05, 3.63) is 48.2 Å². The molecule has 1 aromatic heterocycles. The van der Waals surface area contributed by atoms with Gasteiger partial charge in [0.1, 0.15) is 5.58 Å². The van der Waals surface area contributed by atoms with E-state index in [-0.39, 0.29) is 18.4 Å². The van der Waals surface area contributed by atoms with Gasteiger partial charge in [-0.15, -0.1) is 0 Å². The quantitative estimate of drug-likeness (QED) is 0.581. The molecule has 1 amide bonds. The third kappa shape index (κ3) is 4.00. The maximum Gasteiger partial charge on any atom is 0.311 e. The van der Waals surface area contributed by atoms with Gasteiger partial charge in [0, 0.05) is 24.0 Å². The van der Waals surface area contributed by atoms with Gasteiger partial charge in [0.25, 0.3) is 5.91 Å². The van der Waals surface area contributed by atoms with E-state index >= 15 is 0 Å². The molecule has 2 aromatic carbocycles. The molecule has 5 heteroatoms. The Bertz CT molecular complexity index is 1030. The van der Waals surface area contributed by atoms with E-state index in [0.717, 1.165) is 53.0 Å². The summed E-state index contributed by atoms with van der Waals surface area (Å²) >= 11 is 0. The van der Waals surface area contributed by atoms with Crippen LogP contribution in [0.4, 0.5) is 0 Å². The SMILES string of the molecule is C[C@H](OC(=O)Cc1coc2ccc3ccccc3c12)C(=O)N(C)C1CCCCC1. The molecule has 0 spiro atoms. The van der Waals surface area contributed by atoms with E-state index in [0.29, 0.717) is 0 Å². The van der Waals surface area contributed by atoms with Crippen molar-refractivity contribution in [1.29, 1.82) is 0 Å². The number of hydrogen-bond acceptors (Lipinski definition) is 4. The molecule has 0 radical (unpaired) electrons. The average molecular weight is 393 g/mol. The monoisotopic (exact) mass is 393 g/mol. The Morgan fingerprint density at radius 3 is 2.69 bits per heavy atom. The molecule has 0 N–H and O–H groups in total. The van der Waals surface area contributed by atoms with Crippen LogP contribution in [0.25, 0.3) is 21.7 Å².